The second-order valence-corrected chi connectivity index (χ2v) is 4.41. The Hall–Kier alpha value is -1.85. The van der Waals surface area contributed by atoms with E-state index in [2.05, 4.69) is 9.97 Å². The normalized spacial score (nSPS) is 12.4. The minimum absolute atomic E-state index is 0.0534. The fourth-order valence-electron chi connectivity index (χ4n) is 1.69. The molecule has 1 unspecified atom stereocenters. The number of benzene rings is 1. The zero-order valence-corrected chi connectivity index (χ0v) is 11.2. The Labute approximate surface area is 114 Å². The Bertz CT molecular complexity index is 655. The first-order valence-corrected chi connectivity index (χ1v) is 6.03. The summed E-state index contributed by atoms with van der Waals surface area (Å²) in [5, 5.41) is 10.3. The zero-order chi connectivity index (χ0) is 14.0. The first-order valence-electron chi connectivity index (χ1n) is 5.65. The Morgan fingerprint density at radius 2 is 2.11 bits per heavy atom. The van der Waals surface area contributed by atoms with E-state index >= 15 is 0 Å². The Kier molecular flexibility index (Phi) is 3.87. The number of rotatable bonds is 3. The van der Waals surface area contributed by atoms with Gasteiger partial charge in [0.15, 0.2) is 0 Å². The van der Waals surface area contributed by atoms with E-state index in [-0.39, 0.29) is 17.3 Å². The topological polar surface area (TPSA) is 75.2 Å². The number of aromatic amines is 1. The Balaban J connectivity index is 2.61. The SMILES string of the molecule is COC(C)c1nc(O)c(-c2ccccc2Cl)c(=O)[nH]1. The van der Waals surface area contributed by atoms with Crippen molar-refractivity contribution in [2.45, 2.75) is 13.0 Å². The van der Waals surface area contributed by atoms with Crippen molar-refractivity contribution in [2.75, 3.05) is 7.11 Å². The second kappa shape index (κ2) is 5.42. The first-order chi connectivity index (χ1) is 9.04. The maximum absolute atomic E-state index is 12.1. The fourth-order valence-corrected chi connectivity index (χ4v) is 1.92. The summed E-state index contributed by atoms with van der Waals surface area (Å²) in [7, 11) is 1.49. The standard InChI is InChI=1S/C13H13ClN2O3/c1-7(19-2)11-15-12(17)10(13(18)16-11)8-5-3-4-6-9(8)14/h3-7H,1-2H3,(H2,15,16,17,18). The molecule has 1 aromatic heterocycles. The fraction of sp³-hybridized carbons (Fsp3) is 0.231. The molecule has 100 valence electrons. The maximum Gasteiger partial charge on any atom is 0.262 e. The van der Waals surface area contributed by atoms with Crippen LogP contribution in [0.5, 0.6) is 5.88 Å². The lowest BCUT2D eigenvalue weighted by molar-refractivity contribution is 0.111. The second-order valence-electron chi connectivity index (χ2n) is 4.01. The number of ether oxygens (including phenoxy) is 1. The molecule has 0 aliphatic rings. The van der Waals surface area contributed by atoms with Crippen LogP contribution in [0.2, 0.25) is 5.02 Å². The molecule has 0 aliphatic heterocycles. The van der Waals surface area contributed by atoms with Gasteiger partial charge in [0.25, 0.3) is 5.56 Å². The molecule has 1 heterocycles. The van der Waals surface area contributed by atoms with Gasteiger partial charge in [-0.3, -0.25) is 4.79 Å². The van der Waals surface area contributed by atoms with Gasteiger partial charge < -0.3 is 14.8 Å². The van der Waals surface area contributed by atoms with Gasteiger partial charge in [0, 0.05) is 17.7 Å². The van der Waals surface area contributed by atoms with Crippen LogP contribution in [0.4, 0.5) is 0 Å². The van der Waals surface area contributed by atoms with Gasteiger partial charge in [-0.05, 0) is 13.0 Å². The van der Waals surface area contributed by atoms with Crippen molar-refractivity contribution in [3.63, 3.8) is 0 Å². The van der Waals surface area contributed by atoms with Crippen LogP contribution in [0, 0.1) is 0 Å². The molecule has 19 heavy (non-hydrogen) atoms. The third-order valence-electron chi connectivity index (χ3n) is 2.80. The van der Waals surface area contributed by atoms with E-state index < -0.39 is 11.7 Å². The van der Waals surface area contributed by atoms with Gasteiger partial charge in [0.05, 0.1) is 0 Å². The summed E-state index contributed by atoms with van der Waals surface area (Å²) in [4.78, 5) is 18.6. The number of nitrogens with one attached hydrogen (secondary N) is 1. The number of hydrogen-bond donors (Lipinski definition) is 2. The molecule has 5 nitrogen and oxygen atoms in total. The monoisotopic (exact) mass is 280 g/mol. The van der Waals surface area contributed by atoms with E-state index in [1.54, 1.807) is 31.2 Å². The van der Waals surface area contributed by atoms with Crippen molar-refractivity contribution in [2.24, 2.45) is 0 Å². The lowest BCUT2D eigenvalue weighted by Crippen LogP contribution is -2.16. The lowest BCUT2D eigenvalue weighted by Gasteiger charge is -2.11. The summed E-state index contributed by atoms with van der Waals surface area (Å²) in [6.45, 7) is 1.72. The molecule has 1 aromatic carbocycles. The molecule has 0 saturated heterocycles. The molecule has 0 aliphatic carbocycles. The van der Waals surface area contributed by atoms with Gasteiger partial charge in [-0.25, -0.2) is 0 Å². The number of aromatic nitrogens is 2. The minimum atomic E-state index is -0.459. The molecule has 0 fully saturated rings. The van der Waals surface area contributed by atoms with E-state index in [0.717, 1.165) is 0 Å². The smallest absolute Gasteiger partial charge is 0.262 e. The van der Waals surface area contributed by atoms with Crippen molar-refractivity contribution in [3.8, 4) is 17.0 Å². The van der Waals surface area contributed by atoms with Crippen molar-refractivity contribution < 1.29 is 9.84 Å². The summed E-state index contributed by atoms with van der Waals surface area (Å²) in [5.74, 6) is -0.100. The molecule has 0 spiro atoms. The highest BCUT2D eigenvalue weighted by Crippen LogP contribution is 2.30. The van der Waals surface area contributed by atoms with Crippen LogP contribution in [-0.2, 0) is 4.74 Å². The maximum atomic E-state index is 12.1. The van der Waals surface area contributed by atoms with Gasteiger partial charge in [-0.2, -0.15) is 4.98 Å². The minimum Gasteiger partial charge on any atom is -0.493 e. The number of aromatic hydroxyl groups is 1. The van der Waals surface area contributed by atoms with Gasteiger partial charge in [0.1, 0.15) is 17.5 Å². The van der Waals surface area contributed by atoms with E-state index in [1.807, 2.05) is 0 Å². The Morgan fingerprint density at radius 3 is 2.68 bits per heavy atom. The molecule has 2 rings (SSSR count). The van der Waals surface area contributed by atoms with Gasteiger partial charge in [-0.1, -0.05) is 29.8 Å². The van der Waals surface area contributed by atoms with Gasteiger partial charge in [-0.15, -0.1) is 0 Å². The van der Waals surface area contributed by atoms with Crippen LogP contribution >= 0.6 is 11.6 Å². The molecule has 2 aromatic rings. The average Bonchev–Trinajstić information content (AvgIpc) is 2.39. The summed E-state index contributed by atoms with van der Waals surface area (Å²) in [6, 6.07) is 6.76. The molecule has 1 atom stereocenters. The third-order valence-corrected chi connectivity index (χ3v) is 3.13. The lowest BCUT2D eigenvalue weighted by atomic mass is 10.1. The van der Waals surface area contributed by atoms with Crippen molar-refractivity contribution in [1.82, 2.24) is 9.97 Å². The predicted molar refractivity (Wildman–Crippen MR) is 72.4 cm³/mol. The zero-order valence-electron chi connectivity index (χ0n) is 10.5. The van der Waals surface area contributed by atoms with Crippen LogP contribution < -0.4 is 5.56 Å². The quantitative estimate of drug-likeness (QED) is 0.906. The largest absolute Gasteiger partial charge is 0.493 e. The average molecular weight is 281 g/mol. The van der Waals surface area contributed by atoms with Crippen LogP contribution in [0.25, 0.3) is 11.1 Å². The Morgan fingerprint density at radius 1 is 1.42 bits per heavy atom. The highest BCUT2D eigenvalue weighted by molar-refractivity contribution is 6.33. The summed E-state index contributed by atoms with van der Waals surface area (Å²) in [5.41, 5.74) is 0.0317. The van der Waals surface area contributed by atoms with Crippen molar-refractivity contribution >= 4 is 11.6 Å². The van der Waals surface area contributed by atoms with E-state index in [9.17, 15) is 9.90 Å². The summed E-state index contributed by atoms with van der Waals surface area (Å²) < 4.78 is 5.05. The van der Waals surface area contributed by atoms with Crippen LogP contribution in [0.1, 0.15) is 18.9 Å². The summed E-state index contributed by atoms with van der Waals surface area (Å²) >= 11 is 6.02. The number of methoxy groups -OCH3 is 1. The number of halogens is 1. The van der Waals surface area contributed by atoms with E-state index in [0.29, 0.717) is 10.6 Å². The molecule has 0 radical (unpaired) electrons. The van der Waals surface area contributed by atoms with E-state index in [1.165, 1.54) is 7.11 Å². The molecule has 6 heteroatoms. The molecule has 0 amide bonds. The van der Waals surface area contributed by atoms with Crippen LogP contribution in [0.3, 0.4) is 0 Å². The number of nitrogens with zero attached hydrogens (tertiary/aromatic N) is 1. The van der Waals surface area contributed by atoms with Crippen molar-refractivity contribution in [3.05, 3.63) is 45.5 Å². The van der Waals surface area contributed by atoms with Crippen LogP contribution in [-0.4, -0.2) is 22.2 Å². The summed E-state index contributed by atoms with van der Waals surface area (Å²) in [6.07, 6.45) is -0.418. The highest BCUT2D eigenvalue weighted by atomic mass is 35.5. The molecular weight excluding hydrogens is 268 g/mol. The predicted octanol–water partition coefficient (Wildman–Crippen LogP) is 2.50. The van der Waals surface area contributed by atoms with Crippen molar-refractivity contribution in [1.29, 1.82) is 0 Å². The number of hydrogen-bond acceptors (Lipinski definition) is 4. The van der Waals surface area contributed by atoms with Gasteiger partial charge >= 0.3 is 0 Å². The van der Waals surface area contributed by atoms with Gasteiger partial charge in [0.2, 0.25) is 5.88 Å². The molecule has 0 bridgehead atoms. The first kappa shape index (κ1) is 13.6. The van der Waals surface area contributed by atoms with E-state index in [4.69, 9.17) is 16.3 Å². The highest BCUT2D eigenvalue weighted by Gasteiger charge is 2.17. The number of H-pyrrole nitrogens is 1. The van der Waals surface area contributed by atoms with Crippen LogP contribution in [0.15, 0.2) is 29.1 Å². The molecule has 0 saturated carbocycles. The molecular formula is C13H13ClN2O3. The molecule has 2 N–H and O–H groups in total. The third kappa shape index (κ3) is 2.62.